The maximum Gasteiger partial charge on any atom is -0.00879 e. The molecule has 0 aliphatic heterocycles. The van der Waals surface area contributed by atoms with Gasteiger partial charge in [-0.05, 0) is 91.8 Å². The lowest BCUT2D eigenvalue weighted by Crippen LogP contribution is -2.52. The van der Waals surface area contributed by atoms with E-state index in [0.717, 1.165) is 29.6 Å². The van der Waals surface area contributed by atoms with Crippen LogP contribution in [0.25, 0.3) is 0 Å². The lowest BCUT2D eigenvalue weighted by atomic mass is 9.44. The second-order valence-corrected chi connectivity index (χ2v) is 9.63. The first-order valence-electron chi connectivity index (χ1n) is 9.63. The molecule has 5 unspecified atom stereocenters. The molecule has 0 aromatic rings. The second-order valence-electron chi connectivity index (χ2n) is 9.63. The van der Waals surface area contributed by atoms with E-state index in [1.165, 1.54) is 57.8 Å². The Bertz CT molecular complexity index is 449. The monoisotopic (exact) mass is 286 g/mol. The zero-order valence-electron chi connectivity index (χ0n) is 14.5. The van der Waals surface area contributed by atoms with E-state index in [4.69, 9.17) is 0 Å². The molecule has 0 saturated heterocycles. The fourth-order valence-corrected chi connectivity index (χ4v) is 7.38. The normalized spacial score (nSPS) is 56.5. The van der Waals surface area contributed by atoms with Crippen molar-refractivity contribution < 1.29 is 0 Å². The van der Waals surface area contributed by atoms with Gasteiger partial charge in [-0.1, -0.05) is 39.3 Å². The number of rotatable bonds is 0. The van der Waals surface area contributed by atoms with Crippen LogP contribution in [-0.4, -0.2) is 0 Å². The van der Waals surface area contributed by atoms with Gasteiger partial charge in [-0.3, -0.25) is 0 Å². The summed E-state index contributed by atoms with van der Waals surface area (Å²) in [5.41, 5.74) is 2.78. The van der Waals surface area contributed by atoms with Gasteiger partial charge >= 0.3 is 0 Å². The molecule has 0 aromatic heterocycles. The van der Waals surface area contributed by atoms with Crippen LogP contribution in [0.2, 0.25) is 0 Å². The van der Waals surface area contributed by atoms with Crippen molar-refractivity contribution in [3.05, 3.63) is 12.2 Å². The lowest BCUT2D eigenvalue weighted by Gasteiger charge is -2.60. The van der Waals surface area contributed by atoms with Gasteiger partial charge in [-0.2, -0.15) is 0 Å². The van der Waals surface area contributed by atoms with Crippen molar-refractivity contribution in [1.82, 2.24) is 0 Å². The largest absolute Gasteiger partial charge is 0.0993 e. The van der Waals surface area contributed by atoms with Crippen molar-refractivity contribution in [1.29, 1.82) is 0 Å². The summed E-state index contributed by atoms with van der Waals surface area (Å²) in [5, 5.41) is 0. The minimum absolute atomic E-state index is 0.506. The van der Waals surface area contributed by atoms with Gasteiger partial charge in [-0.15, -0.1) is 0 Å². The average Bonchev–Trinajstić information content (AvgIpc) is 2.76. The summed E-state index contributed by atoms with van der Waals surface area (Å²) in [4.78, 5) is 0. The molecule has 7 atom stereocenters. The van der Waals surface area contributed by atoms with E-state index in [9.17, 15) is 0 Å². The van der Waals surface area contributed by atoms with Crippen molar-refractivity contribution in [2.75, 3.05) is 0 Å². The molecular formula is C21H34. The van der Waals surface area contributed by atoms with Gasteiger partial charge in [0.1, 0.15) is 0 Å². The van der Waals surface area contributed by atoms with Gasteiger partial charge in [-0.25, -0.2) is 0 Å². The highest BCUT2D eigenvalue weighted by Crippen LogP contribution is 2.67. The molecule has 4 saturated carbocycles. The van der Waals surface area contributed by atoms with Crippen LogP contribution >= 0.6 is 0 Å². The van der Waals surface area contributed by atoms with Crippen molar-refractivity contribution in [3.8, 4) is 0 Å². The molecule has 0 N–H and O–H groups in total. The third-order valence-corrected chi connectivity index (χ3v) is 8.88. The Morgan fingerprint density at radius 2 is 1.76 bits per heavy atom. The summed E-state index contributed by atoms with van der Waals surface area (Å²) in [5.74, 6) is 5.06. The second kappa shape index (κ2) is 4.62. The molecule has 0 heterocycles. The Morgan fingerprint density at radius 1 is 0.952 bits per heavy atom. The van der Waals surface area contributed by atoms with Crippen LogP contribution in [0.1, 0.15) is 78.6 Å². The smallest absolute Gasteiger partial charge is 0.00879 e. The maximum absolute atomic E-state index is 4.46. The predicted molar refractivity (Wildman–Crippen MR) is 90.0 cm³/mol. The van der Waals surface area contributed by atoms with Gasteiger partial charge in [0, 0.05) is 0 Å². The van der Waals surface area contributed by atoms with Gasteiger partial charge in [0.25, 0.3) is 0 Å². The van der Waals surface area contributed by atoms with Crippen molar-refractivity contribution in [2.24, 2.45) is 40.4 Å². The van der Waals surface area contributed by atoms with Crippen LogP contribution in [0.5, 0.6) is 0 Å². The fraction of sp³-hybridized carbons (Fsp3) is 0.905. The quantitative estimate of drug-likeness (QED) is 0.464. The summed E-state index contributed by atoms with van der Waals surface area (Å²) in [6, 6.07) is 0. The van der Waals surface area contributed by atoms with Gasteiger partial charge < -0.3 is 0 Å². The summed E-state index contributed by atoms with van der Waals surface area (Å²) in [6.45, 7) is 12.2. The number of hydrogen-bond donors (Lipinski definition) is 0. The minimum atomic E-state index is 0.506. The summed E-state index contributed by atoms with van der Waals surface area (Å²) in [6.07, 6.45) is 13.3. The van der Waals surface area contributed by atoms with E-state index >= 15 is 0 Å². The highest BCUT2D eigenvalue weighted by molar-refractivity contribution is 5.21. The molecule has 4 rings (SSSR count). The molecule has 118 valence electrons. The number of allylic oxidation sites excluding steroid dienone is 1. The molecule has 4 fully saturated rings. The van der Waals surface area contributed by atoms with E-state index < -0.39 is 0 Å². The fourth-order valence-electron chi connectivity index (χ4n) is 7.38. The van der Waals surface area contributed by atoms with Crippen molar-refractivity contribution >= 4 is 0 Å². The molecule has 4 aliphatic rings. The summed E-state index contributed by atoms with van der Waals surface area (Å²) in [7, 11) is 0. The van der Waals surface area contributed by atoms with E-state index in [0.29, 0.717) is 10.8 Å². The third-order valence-electron chi connectivity index (χ3n) is 8.88. The van der Waals surface area contributed by atoms with Gasteiger partial charge in [0.15, 0.2) is 0 Å². The molecule has 0 bridgehead atoms. The van der Waals surface area contributed by atoms with Crippen LogP contribution in [0.15, 0.2) is 12.2 Å². The summed E-state index contributed by atoms with van der Waals surface area (Å²) >= 11 is 0. The van der Waals surface area contributed by atoms with Crippen LogP contribution in [0.4, 0.5) is 0 Å². The molecule has 21 heavy (non-hydrogen) atoms. The first kappa shape index (κ1) is 14.3. The first-order valence-corrected chi connectivity index (χ1v) is 9.63. The molecule has 0 aromatic carbocycles. The zero-order valence-corrected chi connectivity index (χ0v) is 14.5. The topological polar surface area (TPSA) is 0 Å². The molecule has 0 amide bonds. The molecule has 0 nitrogen and oxygen atoms in total. The minimum Gasteiger partial charge on any atom is -0.0993 e. The average molecular weight is 287 g/mol. The Hall–Kier alpha value is -0.260. The molecule has 0 radical (unpaired) electrons. The van der Waals surface area contributed by atoms with Crippen molar-refractivity contribution in [3.63, 3.8) is 0 Å². The third kappa shape index (κ3) is 1.86. The van der Waals surface area contributed by atoms with Crippen LogP contribution in [-0.2, 0) is 0 Å². The Morgan fingerprint density at radius 3 is 2.57 bits per heavy atom. The van der Waals surface area contributed by atoms with E-state index in [2.05, 4.69) is 27.4 Å². The van der Waals surface area contributed by atoms with Gasteiger partial charge in [0.2, 0.25) is 0 Å². The van der Waals surface area contributed by atoms with Crippen LogP contribution < -0.4 is 0 Å². The van der Waals surface area contributed by atoms with E-state index in [1.54, 1.807) is 5.57 Å². The number of hydrogen-bond acceptors (Lipinski definition) is 0. The summed E-state index contributed by atoms with van der Waals surface area (Å²) < 4.78 is 0. The Labute approximate surface area is 131 Å². The number of fused-ring (bicyclic) bond motifs is 5. The van der Waals surface area contributed by atoms with Crippen LogP contribution in [0.3, 0.4) is 0 Å². The Balaban J connectivity index is 1.64. The SMILES string of the molecule is C=C1CCC2C3CC[C@H]4C[C@H](C)CCC4(C)C3CCC12C. The predicted octanol–water partition coefficient (Wildman–Crippen LogP) is 6.22. The highest BCUT2D eigenvalue weighted by atomic mass is 14.6. The maximum atomic E-state index is 4.46. The van der Waals surface area contributed by atoms with Crippen LogP contribution in [0, 0.1) is 40.4 Å². The van der Waals surface area contributed by atoms with E-state index in [1.807, 2.05) is 0 Å². The standard InChI is InChI=1S/C21H34/c1-14-9-11-21(4)16(13-14)6-7-17-18-8-5-15(2)20(18,3)12-10-19(17)21/h14,16-19H,2,5-13H2,1,3-4H3/t14-,16+,17?,18?,19?,20?,21?/m1/s1. The lowest BCUT2D eigenvalue weighted by molar-refractivity contribution is -0.104. The molecule has 4 aliphatic carbocycles. The molecule has 0 heteroatoms. The zero-order chi connectivity index (χ0) is 14.8. The van der Waals surface area contributed by atoms with Gasteiger partial charge in [0.05, 0.1) is 0 Å². The first-order chi connectivity index (χ1) is 9.95. The molecular weight excluding hydrogens is 252 g/mol. The van der Waals surface area contributed by atoms with E-state index in [-0.39, 0.29) is 0 Å². The molecule has 0 spiro atoms. The highest BCUT2D eigenvalue weighted by Gasteiger charge is 2.58. The van der Waals surface area contributed by atoms with Crippen molar-refractivity contribution in [2.45, 2.75) is 78.6 Å². The Kier molecular flexibility index (Phi) is 3.15.